The van der Waals surface area contributed by atoms with Gasteiger partial charge in [0.15, 0.2) is 11.5 Å². The van der Waals surface area contributed by atoms with Crippen LogP contribution < -0.4 is 9.47 Å². The van der Waals surface area contributed by atoms with Crippen LogP contribution in [0.4, 0.5) is 0 Å². The molecule has 1 aromatic carbocycles. The number of benzene rings is 1. The molecule has 0 saturated heterocycles. The van der Waals surface area contributed by atoms with E-state index in [1.807, 2.05) is 11.3 Å². The minimum absolute atomic E-state index is 0.614. The highest BCUT2D eigenvalue weighted by atomic mass is 32.1. The van der Waals surface area contributed by atoms with Crippen molar-refractivity contribution in [3.63, 3.8) is 0 Å². The van der Waals surface area contributed by atoms with Gasteiger partial charge < -0.3 is 14.4 Å². The zero-order chi connectivity index (χ0) is 17.1. The summed E-state index contributed by atoms with van der Waals surface area (Å²) < 4.78 is 11.7. The topological polar surface area (TPSA) is 21.7 Å². The van der Waals surface area contributed by atoms with Crippen molar-refractivity contribution in [2.45, 2.75) is 38.5 Å². The first-order valence-corrected chi connectivity index (χ1v) is 10.4. The van der Waals surface area contributed by atoms with Gasteiger partial charge in [-0.05, 0) is 61.2 Å². The third-order valence-electron chi connectivity index (χ3n) is 5.45. The molecule has 25 heavy (non-hydrogen) atoms. The standard InChI is InChI=1S/C21H27NO2S/c1-2-22(11-10-17-6-4-14-25-17)15-16-5-3-7-19-18(16)8-9-20-21(19)24-13-12-23-20/h4,6,8-9,14,16H,2-3,5,7,10-13,15H2,1H3. The molecule has 3 nitrogen and oxygen atoms in total. The molecule has 0 amide bonds. The third-order valence-corrected chi connectivity index (χ3v) is 6.38. The van der Waals surface area contributed by atoms with Gasteiger partial charge >= 0.3 is 0 Å². The predicted molar refractivity (Wildman–Crippen MR) is 103 cm³/mol. The maximum Gasteiger partial charge on any atom is 0.164 e. The van der Waals surface area contributed by atoms with E-state index in [1.165, 1.54) is 28.8 Å². The Bertz CT molecular complexity index is 698. The Morgan fingerprint density at radius 3 is 2.96 bits per heavy atom. The first kappa shape index (κ1) is 16.9. The lowest BCUT2D eigenvalue weighted by Gasteiger charge is -2.33. The van der Waals surface area contributed by atoms with Crippen LogP contribution in [0.3, 0.4) is 0 Å². The van der Waals surface area contributed by atoms with Crippen LogP contribution in [0.5, 0.6) is 11.5 Å². The van der Waals surface area contributed by atoms with Crippen LogP contribution in [0.1, 0.15) is 41.7 Å². The summed E-state index contributed by atoms with van der Waals surface area (Å²) in [5.74, 6) is 2.58. The quantitative estimate of drug-likeness (QED) is 0.759. The zero-order valence-electron chi connectivity index (χ0n) is 15.0. The van der Waals surface area contributed by atoms with Crippen LogP contribution in [-0.2, 0) is 12.8 Å². The van der Waals surface area contributed by atoms with E-state index in [2.05, 4.69) is 41.5 Å². The van der Waals surface area contributed by atoms with Crippen molar-refractivity contribution in [2.24, 2.45) is 0 Å². The molecule has 134 valence electrons. The van der Waals surface area contributed by atoms with Crippen molar-refractivity contribution in [1.82, 2.24) is 4.90 Å². The second-order valence-electron chi connectivity index (χ2n) is 6.97. The highest BCUT2D eigenvalue weighted by molar-refractivity contribution is 7.09. The van der Waals surface area contributed by atoms with Crippen molar-refractivity contribution in [3.8, 4) is 11.5 Å². The lowest BCUT2D eigenvalue weighted by molar-refractivity contribution is 0.168. The van der Waals surface area contributed by atoms with E-state index < -0.39 is 0 Å². The van der Waals surface area contributed by atoms with Gasteiger partial charge in [0.05, 0.1) is 0 Å². The van der Waals surface area contributed by atoms with E-state index in [-0.39, 0.29) is 0 Å². The molecule has 2 aliphatic rings. The molecule has 0 N–H and O–H groups in total. The maximum atomic E-state index is 5.96. The van der Waals surface area contributed by atoms with Crippen LogP contribution in [-0.4, -0.2) is 37.7 Å². The van der Waals surface area contributed by atoms with Crippen LogP contribution in [0, 0.1) is 0 Å². The van der Waals surface area contributed by atoms with Gasteiger partial charge in [-0.15, -0.1) is 11.3 Å². The molecule has 0 radical (unpaired) electrons. The molecule has 4 heteroatoms. The van der Waals surface area contributed by atoms with Gasteiger partial charge in [-0.2, -0.15) is 0 Å². The molecule has 1 atom stereocenters. The summed E-state index contributed by atoms with van der Waals surface area (Å²) in [5.41, 5.74) is 2.90. The van der Waals surface area contributed by atoms with Crippen LogP contribution in [0.15, 0.2) is 29.6 Å². The third kappa shape index (κ3) is 3.70. The number of nitrogens with zero attached hydrogens (tertiary/aromatic N) is 1. The van der Waals surface area contributed by atoms with E-state index in [4.69, 9.17) is 9.47 Å². The number of thiophene rings is 1. The molecule has 1 unspecified atom stereocenters. The smallest absolute Gasteiger partial charge is 0.164 e. The minimum Gasteiger partial charge on any atom is -0.486 e. The Hall–Kier alpha value is -1.52. The molecule has 2 aromatic rings. The van der Waals surface area contributed by atoms with Crippen molar-refractivity contribution in [1.29, 1.82) is 0 Å². The van der Waals surface area contributed by atoms with E-state index >= 15 is 0 Å². The van der Waals surface area contributed by atoms with Crippen molar-refractivity contribution in [2.75, 3.05) is 32.8 Å². The largest absolute Gasteiger partial charge is 0.486 e. The maximum absolute atomic E-state index is 5.96. The molecule has 0 bridgehead atoms. The molecule has 4 rings (SSSR count). The van der Waals surface area contributed by atoms with Gasteiger partial charge in [0.1, 0.15) is 13.2 Å². The highest BCUT2D eigenvalue weighted by Gasteiger charge is 2.27. The van der Waals surface area contributed by atoms with E-state index in [9.17, 15) is 0 Å². The summed E-state index contributed by atoms with van der Waals surface area (Å²) >= 11 is 1.87. The second kappa shape index (κ2) is 7.79. The number of rotatable bonds is 6. The monoisotopic (exact) mass is 357 g/mol. The molecule has 0 spiro atoms. The van der Waals surface area contributed by atoms with Crippen LogP contribution in [0.25, 0.3) is 0 Å². The van der Waals surface area contributed by atoms with E-state index in [0.29, 0.717) is 19.1 Å². The first-order valence-electron chi connectivity index (χ1n) is 9.51. The summed E-state index contributed by atoms with van der Waals surface area (Å²) in [6.45, 7) is 7.03. The van der Waals surface area contributed by atoms with E-state index in [0.717, 1.165) is 44.0 Å². The average molecular weight is 358 g/mol. The molecule has 2 heterocycles. The molecule has 1 aliphatic heterocycles. The van der Waals surface area contributed by atoms with Gasteiger partial charge in [0, 0.05) is 23.5 Å². The van der Waals surface area contributed by atoms with Gasteiger partial charge in [-0.25, -0.2) is 0 Å². The molecular weight excluding hydrogens is 330 g/mol. The fraction of sp³-hybridized carbons (Fsp3) is 0.524. The van der Waals surface area contributed by atoms with Crippen LogP contribution in [0.2, 0.25) is 0 Å². The lowest BCUT2D eigenvalue weighted by atomic mass is 9.81. The van der Waals surface area contributed by atoms with E-state index in [1.54, 1.807) is 0 Å². The Labute approximate surface area is 154 Å². The summed E-state index contributed by atoms with van der Waals surface area (Å²) in [4.78, 5) is 4.10. The van der Waals surface area contributed by atoms with Gasteiger partial charge in [0.2, 0.25) is 0 Å². The Morgan fingerprint density at radius 1 is 1.20 bits per heavy atom. The molecule has 0 saturated carbocycles. The van der Waals surface area contributed by atoms with Gasteiger partial charge in [-0.3, -0.25) is 0 Å². The van der Waals surface area contributed by atoms with Crippen molar-refractivity contribution < 1.29 is 9.47 Å². The fourth-order valence-corrected chi connectivity index (χ4v) is 4.81. The summed E-state index contributed by atoms with van der Waals surface area (Å²) in [6, 6.07) is 8.81. The number of likely N-dealkylation sites (N-methyl/N-ethyl adjacent to an activating group) is 1. The predicted octanol–water partition coefficient (Wildman–Crippen LogP) is 4.50. The zero-order valence-corrected chi connectivity index (χ0v) is 15.8. The normalized spacial score (nSPS) is 19.0. The average Bonchev–Trinajstić information content (AvgIpc) is 3.18. The van der Waals surface area contributed by atoms with Crippen molar-refractivity contribution in [3.05, 3.63) is 45.6 Å². The Balaban J connectivity index is 1.48. The number of ether oxygens (including phenoxy) is 2. The van der Waals surface area contributed by atoms with Gasteiger partial charge in [-0.1, -0.05) is 19.1 Å². The summed E-state index contributed by atoms with van der Waals surface area (Å²) in [5, 5.41) is 2.17. The number of fused-ring (bicyclic) bond motifs is 3. The molecule has 1 aromatic heterocycles. The summed E-state index contributed by atoms with van der Waals surface area (Å²) in [7, 11) is 0. The second-order valence-corrected chi connectivity index (χ2v) is 8.00. The first-order chi connectivity index (χ1) is 12.3. The Morgan fingerprint density at radius 2 is 2.12 bits per heavy atom. The SMILES string of the molecule is CCN(CCc1cccs1)CC1CCCc2c1ccc1c2OCCO1. The molecule has 1 aliphatic carbocycles. The number of hydrogen-bond donors (Lipinski definition) is 0. The van der Waals surface area contributed by atoms with Gasteiger partial charge in [0.25, 0.3) is 0 Å². The fourth-order valence-electron chi connectivity index (χ4n) is 4.11. The number of hydrogen-bond acceptors (Lipinski definition) is 4. The molecular formula is C21H27NO2S. The van der Waals surface area contributed by atoms with Crippen molar-refractivity contribution >= 4 is 11.3 Å². The minimum atomic E-state index is 0.614. The lowest BCUT2D eigenvalue weighted by Crippen LogP contribution is -2.32. The van der Waals surface area contributed by atoms with Crippen LogP contribution >= 0.6 is 11.3 Å². The highest BCUT2D eigenvalue weighted by Crippen LogP contribution is 2.43. The molecule has 0 fully saturated rings. The summed E-state index contributed by atoms with van der Waals surface area (Å²) in [6.07, 6.45) is 4.81. The Kier molecular flexibility index (Phi) is 5.28.